The average molecular weight is 644 g/mol. The summed E-state index contributed by atoms with van der Waals surface area (Å²) in [4.78, 5) is 10.3. The van der Waals surface area contributed by atoms with Crippen LogP contribution in [0.3, 0.4) is 0 Å². The van der Waals surface area contributed by atoms with Gasteiger partial charge in [-0.3, -0.25) is 0 Å². The summed E-state index contributed by atoms with van der Waals surface area (Å²) in [5.74, 6) is 0.743. The number of nitrogens with zero attached hydrogens (tertiary/aromatic N) is 3. The monoisotopic (exact) mass is 643 g/mol. The lowest BCUT2D eigenvalue weighted by molar-refractivity contribution is 1.18. The molecule has 0 N–H and O–H groups in total. The van der Waals surface area contributed by atoms with Crippen molar-refractivity contribution in [1.29, 1.82) is 0 Å². The van der Waals surface area contributed by atoms with Gasteiger partial charge in [0.2, 0.25) is 0 Å². The number of hydrogen-bond donors (Lipinski definition) is 0. The summed E-state index contributed by atoms with van der Waals surface area (Å²) in [6.07, 6.45) is 6.31. The molecule has 3 heterocycles. The molecule has 0 saturated heterocycles. The molecule has 0 spiro atoms. The van der Waals surface area contributed by atoms with Crippen molar-refractivity contribution in [3.8, 4) is 28.3 Å². The molecule has 0 atom stereocenters. The third-order valence-corrected chi connectivity index (χ3v) is 11.1. The largest absolute Gasteiger partial charge is 0.309 e. The number of hydrogen-bond acceptors (Lipinski definition) is 3. The van der Waals surface area contributed by atoms with Crippen molar-refractivity contribution >= 4 is 75.4 Å². The van der Waals surface area contributed by atoms with Crippen molar-refractivity contribution in [2.24, 2.45) is 0 Å². The minimum Gasteiger partial charge on any atom is -0.309 e. The predicted octanol–water partition coefficient (Wildman–Crippen LogP) is 12.4. The van der Waals surface area contributed by atoms with Gasteiger partial charge in [-0.05, 0) is 70.3 Å². The zero-order valence-electron chi connectivity index (χ0n) is 26.8. The van der Waals surface area contributed by atoms with Gasteiger partial charge in [0.15, 0.2) is 5.82 Å². The fourth-order valence-electron chi connectivity index (χ4n) is 7.82. The van der Waals surface area contributed by atoms with Gasteiger partial charge in [0, 0.05) is 37.7 Å². The predicted molar refractivity (Wildman–Crippen MR) is 209 cm³/mol. The van der Waals surface area contributed by atoms with Crippen molar-refractivity contribution in [3.05, 3.63) is 163 Å². The lowest BCUT2D eigenvalue weighted by atomic mass is 9.91. The molecular weight excluding hydrogens is 615 g/mol. The molecular formula is C45H29N3S. The van der Waals surface area contributed by atoms with Gasteiger partial charge in [0.05, 0.1) is 26.9 Å². The fourth-order valence-corrected chi connectivity index (χ4v) is 8.98. The first-order valence-electron chi connectivity index (χ1n) is 16.6. The van der Waals surface area contributed by atoms with Crippen LogP contribution in [0.4, 0.5) is 0 Å². The van der Waals surface area contributed by atoms with Gasteiger partial charge in [0.25, 0.3) is 0 Å². The summed E-state index contributed by atoms with van der Waals surface area (Å²) in [6.45, 7) is 6.21. The van der Waals surface area contributed by atoms with Crippen molar-refractivity contribution < 1.29 is 0 Å². The Morgan fingerprint density at radius 3 is 2.20 bits per heavy atom. The van der Waals surface area contributed by atoms with Gasteiger partial charge in [-0.2, -0.15) is 0 Å². The summed E-state index contributed by atoms with van der Waals surface area (Å²) in [5.41, 5.74) is 12.5. The molecule has 10 rings (SSSR count). The number of fused-ring (bicyclic) bond motifs is 3. The Bertz CT molecular complexity index is 2890. The number of rotatable bonds is 4. The Morgan fingerprint density at radius 2 is 1.39 bits per heavy atom. The van der Waals surface area contributed by atoms with Gasteiger partial charge in [-0.25, -0.2) is 9.97 Å². The molecule has 0 unspecified atom stereocenters. The lowest BCUT2D eigenvalue weighted by Gasteiger charge is -2.15. The highest BCUT2D eigenvalue weighted by Crippen LogP contribution is 2.49. The minimum absolute atomic E-state index is 0.743. The first-order chi connectivity index (χ1) is 24.2. The topological polar surface area (TPSA) is 30.7 Å². The highest BCUT2D eigenvalue weighted by Gasteiger charge is 2.26. The van der Waals surface area contributed by atoms with Crippen LogP contribution in [0.25, 0.3) is 92.4 Å². The Morgan fingerprint density at radius 1 is 0.633 bits per heavy atom. The molecule has 3 nitrogen and oxygen atoms in total. The Balaban J connectivity index is 1.22. The molecule has 1 aliphatic rings. The maximum Gasteiger partial charge on any atom is 0.160 e. The summed E-state index contributed by atoms with van der Waals surface area (Å²) in [6, 6.07) is 45.6. The van der Waals surface area contributed by atoms with E-state index < -0.39 is 0 Å². The maximum absolute atomic E-state index is 5.21. The van der Waals surface area contributed by atoms with Crippen LogP contribution < -0.4 is 0 Å². The van der Waals surface area contributed by atoms with Gasteiger partial charge in [-0.15, -0.1) is 11.3 Å². The van der Waals surface area contributed by atoms with E-state index in [9.17, 15) is 0 Å². The van der Waals surface area contributed by atoms with E-state index in [4.69, 9.17) is 9.97 Å². The molecule has 4 heteroatoms. The molecule has 0 amide bonds. The minimum atomic E-state index is 0.743. The Labute approximate surface area is 287 Å². The van der Waals surface area contributed by atoms with E-state index >= 15 is 0 Å². The van der Waals surface area contributed by atoms with Gasteiger partial charge >= 0.3 is 0 Å². The quantitative estimate of drug-likeness (QED) is 0.191. The zero-order chi connectivity index (χ0) is 32.6. The Kier molecular flexibility index (Phi) is 6.11. The summed E-state index contributed by atoms with van der Waals surface area (Å²) >= 11 is 1.76. The average Bonchev–Trinajstić information content (AvgIpc) is 3.67. The molecule has 49 heavy (non-hydrogen) atoms. The van der Waals surface area contributed by atoms with Crippen molar-refractivity contribution in [2.75, 3.05) is 0 Å². The van der Waals surface area contributed by atoms with Crippen LogP contribution >= 0.6 is 11.3 Å². The second-order valence-electron chi connectivity index (χ2n) is 12.5. The van der Waals surface area contributed by atoms with Gasteiger partial charge < -0.3 is 4.57 Å². The number of thiophene rings is 1. The smallest absolute Gasteiger partial charge is 0.160 e. The molecule has 0 saturated carbocycles. The standard InChI is InChI=1S/C45H29N3S/c1-3-12-32-31(4-2)33-18-11-19-36-40(33)41-37(26-23-27-15-10-17-34(32)39(27)41)48(36)30-24-21-28(22-25-30)42-44-43(35-16-8-9-20-38(35)49-44)47-45(46-42)29-13-6-5-7-14-29/h3-26H,1H2,2H3/b31-4+,32-12?. The van der Waals surface area contributed by atoms with Crippen LogP contribution in [0.2, 0.25) is 0 Å². The van der Waals surface area contributed by atoms with Crippen molar-refractivity contribution in [3.63, 3.8) is 0 Å². The SMILES string of the molecule is C=CC=C1/C(=C\C)c2cccc3c2c2c4c1cccc4ccc2n3-c1ccc(-c2nc(-c3ccccc3)nc3c2sc2ccccc23)cc1. The van der Waals surface area contributed by atoms with Crippen LogP contribution in [0, 0.1) is 0 Å². The summed E-state index contributed by atoms with van der Waals surface area (Å²) in [7, 11) is 0. The fraction of sp³-hybridized carbons (Fsp3) is 0.0222. The van der Waals surface area contributed by atoms with E-state index in [0.29, 0.717) is 0 Å². The van der Waals surface area contributed by atoms with Crippen LogP contribution in [-0.4, -0.2) is 14.5 Å². The zero-order valence-corrected chi connectivity index (χ0v) is 27.6. The van der Waals surface area contributed by atoms with Gasteiger partial charge in [-0.1, -0.05) is 122 Å². The number of benzene rings is 6. The summed E-state index contributed by atoms with van der Waals surface area (Å²) in [5, 5.41) is 6.28. The molecule has 6 aromatic carbocycles. The van der Waals surface area contributed by atoms with E-state index in [2.05, 4.69) is 139 Å². The van der Waals surface area contributed by atoms with E-state index in [0.717, 1.165) is 38.5 Å². The number of aromatic nitrogens is 3. The molecule has 9 aromatic rings. The van der Waals surface area contributed by atoms with Crippen LogP contribution in [0.1, 0.15) is 18.1 Å². The first-order valence-corrected chi connectivity index (χ1v) is 17.4. The van der Waals surface area contributed by atoms with E-state index in [1.807, 2.05) is 24.3 Å². The number of allylic oxidation sites excluding steroid dienone is 5. The molecule has 0 radical (unpaired) electrons. The lowest BCUT2D eigenvalue weighted by Crippen LogP contribution is -1.97. The highest BCUT2D eigenvalue weighted by molar-refractivity contribution is 7.26. The van der Waals surface area contributed by atoms with Crippen molar-refractivity contribution in [2.45, 2.75) is 6.92 Å². The first kappa shape index (κ1) is 28.0. The molecule has 1 aliphatic carbocycles. The molecule has 0 bridgehead atoms. The van der Waals surface area contributed by atoms with E-state index in [1.165, 1.54) is 64.9 Å². The third-order valence-electron chi connectivity index (χ3n) is 9.89. The van der Waals surface area contributed by atoms with Crippen molar-refractivity contribution in [1.82, 2.24) is 14.5 Å². The van der Waals surface area contributed by atoms with Gasteiger partial charge in [0.1, 0.15) is 0 Å². The van der Waals surface area contributed by atoms with E-state index in [1.54, 1.807) is 11.3 Å². The highest BCUT2D eigenvalue weighted by atomic mass is 32.1. The summed E-state index contributed by atoms with van der Waals surface area (Å²) < 4.78 is 4.75. The maximum atomic E-state index is 5.21. The molecule has 0 aliphatic heterocycles. The molecule has 230 valence electrons. The third kappa shape index (κ3) is 4.01. The molecule has 3 aromatic heterocycles. The van der Waals surface area contributed by atoms with Crippen LogP contribution in [0.15, 0.2) is 152 Å². The molecule has 0 fully saturated rings. The second-order valence-corrected chi connectivity index (χ2v) is 13.6. The Hall–Kier alpha value is -6.10. The van der Waals surface area contributed by atoms with E-state index in [-0.39, 0.29) is 0 Å². The van der Waals surface area contributed by atoms with Crippen LogP contribution in [-0.2, 0) is 0 Å². The second kappa shape index (κ2) is 10.7. The van der Waals surface area contributed by atoms with Crippen LogP contribution in [0.5, 0.6) is 0 Å². The normalized spacial score (nSPS) is 14.4.